The number of imidazole rings is 1. The number of aromatic nitrogens is 2. The highest BCUT2D eigenvalue weighted by Crippen LogP contribution is 2.29. The third-order valence-electron chi connectivity index (χ3n) is 6.53. The van der Waals surface area contributed by atoms with Gasteiger partial charge < -0.3 is 19.7 Å². The molecule has 3 aromatic rings. The minimum Gasteiger partial charge on any atom is -0.341 e. The van der Waals surface area contributed by atoms with Crippen molar-refractivity contribution >= 4 is 34.5 Å². The van der Waals surface area contributed by atoms with Crippen molar-refractivity contribution in [1.82, 2.24) is 14.5 Å². The predicted octanol–water partition coefficient (Wildman–Crippen LogP) is 4.22. The van der Waals surface area contributed by atoms with Crippen LogP contribution in [0.15, 0.2) is 42.5 Å². The van der Waals surface area contributed by atoms with Crippen molar-refractivity contribution in [2.75, 3.05) is 30.4 Å². The van der Waals surface area contributed by atoms with Crippen molar-refractivity contribution in [1.29, 1.82) is 0 Å². The second-order valence-electron chi connectivity index (χ2n) is 8.94. The number of rotatable bonds is 6. The first-order valence-electron chi connectivity index (χ1n) is 11.4. The van der Waals surface area contributed by atoms with E-state index in [-0.39, 0.29) is 24.3 Å². The first-order chi connectivity index (χ1) is 16.5. The van der Waals surface area contributed by atoms with E-state index in [1.165, 1.54) is 12.1 Å². The Balaban J connectivity index is 1.40. The van der Waals surface area contributed by atoms with Crippen molar-refractivity contribution in [3.05, 3.63) is 53.6 Å². The summed E-state index contributed by atoms with van der Waals surface area (Å²) < 4.78 is 40.1. The lowest BCUT2D eigenvalue weighted by molar-refractivity contribution is -0.137. The first kappa shape index (κ1) is 24.6. The van der Waals surface area contributed by atoms with Gasteiger partial charge in [-0.3, -0.25) is 9.59 Å². The fourth-order valence-corrected chi connectivity index (χ4v) is 4.42. The number of likely N-dealkylation sites (N-methyl/N-ethyl adjacent to an activating group) is 1. The van der Waals surface area contributed by atoms with E-state index < -0.39 is 11.7 Å². The number of fused-ring (bicyclic) bond motifs is 1. The molecule has 1 atom stereocenters. The molecule has 1 N–H and O–H groups in total. The number of carbonyl (C=O) groups is 2. The number of hydrogen-bond donors (Lipinski definition) is 1. The van der Waals surface area contributed by atoms with E-state index in [1.54, 1.807) is 13.0 Å². The van der Waals surface area contributed by atoms with Crippen molar-refractivity contribution < 1.29 is 22.8 Å². The van der Waals surface area contributed by atoms with Crippen LogP contribution in [0.3, 0.4) is 0 Å². The molecule has 0 spiro atoms. The van der Waals surface area contributed by atoms with Crippen LogP contribution in [-0.2, 0) is 29.2 Å². The Labute approximate surface area is 201 Å². The Bertz CT molecular complexity index is 1240. The highest BCUT2D eigenvalue weighted by Gasteiger charge is 2.30. The van der Waals surface area contributed by atoms with Crippen LogP contribution >= 0.6 is 0 Å². The van der Waals surface area contributed by atoms with Crippen molar-refractivity contribution in [2.24, 2.45) is 7.05 Å². The lowest BCUT2D eigenvalue weighted by Crippen LogP contribution is -2.37. The number of carbonyl (C=O) groups excluding carboxylic acids is 2. The van der Waals surface area contributed by atoms with E-state index in [9.17, 15) is 22.8 Å². The van der Waals surface area contributed by atoms with E-state index in [1.807, 2.05) is 35.7 Å². The molecule has 0 radical (unpaired) electrons. The molecule has 0 aliphatic carbocycles. The van der Waals surface area contributed by atoms with E-state index >= 15 is 0 Å². The summed E-state index contributed by atoms with van der Waals surface area (Å²) in [4.78, 5) is 32.8. The third kappa shape index (κ3) is 5.41. The van der Waals surface area contributed by atoms with Gasteiger partial charge in [0.05, 0.1) is 22.6 Å². The van der Waals surface area contributed by atoms with Crippen molar-refractivity contribution in [3.63, 3.8) is 0 Å². The minimum absolute atomic E-state index is 0.0737. The quantitative estimate of drug-likeness (QED) is 0.565. The molecule has 0 saturated carbocycles. The summed E-state index contributed by atoms with van der Waals surface area (Å²) in [7, 11) is 3.88. The molecule has 2 amide bonds. The van der Waals surface area contributed by atoms with Gasteiger partial charge in [0.1, 0.15) is 0 Å². The molecule has 186 valence electrons. The van der Waals surface area contributed by atoms with Gasteiger partial charge in [0, 0.05) is 46.2 Å². The molecule has 1 saturated heterocycles. The van der Waals surface area contributed by atoms with Crippen LogP contribution in [0, 0.1) is 0 Å². The van der Waals surface area contributed by atoms with Gasteiger partial charge in [-0.25, -0.2) is 4.98 Å². The smallest absolute Gasteiger partial charge is 0.341 e. The van der Waals surface area contributed by atoms with Crippen LogP contribution < -0.4 is 10.2 Å². The van der Waals surface area contributed by atoms with E-state index in [4.69, 9.17) is 4.98 Å². The number of likely N-dealkylation sites (tertiary alicyclic amines) is 1. The normalized spacial score (nSPS) is 16.1. The minimum atomic E-state index is -4.37. The maximum absolute atomic E-state index is 12.7. The topological polar surface area (TPSA) is 70.5 Å². The molecule has 1 fully saturated rings. The molecule has 1 aliphatic heterocycles. The lowest BCUT2D eigenvalue weighted by Gasteiger charge is -2.25. The molecule has 0 bridgehead atoms. The van der Waals surface area contributed by atoms with Crippen LogP contribution in [0.2, 0.25) is 0 Å². The second kappa shape index (κ2) is 9.59. The van der Waals surface area contributed by atoms with Crippen LogP contribution in [-0.4, -0.2) is 52.4 Å². The zero-order valence-corrected chi connectivity index (χ0v) is 19.9. The monoisotopic (exact) mass is 487 g/mol. The SMILES string of the molecule is CC(=O)N1CCC(N(C)c2nc3ccc(NC(=O)CCc4ccc(C(F)(F)F)cc4)cc3n2C)C1. The zero-order chi connectivity index (χ0) is 25.3. The highest BCUT2D eigenvalue weighted by atomic mass is 19.4. The number of amides is 2. The van der Waals surface area contributed by atoms with Gasteiger partial charge in [0.15, 0.2) is 0 Å². The Hall–Kier alpha value is -3.56. The number of benzene rings is 2. The summed E-state index contributed by atoms with van der Waals surface area (Å²) in [5, 5.41) is 2.86. The van der Waals surface area contributed by atoms with Gasteiger partial charge in [0.2, 0.25) is 17.8 Å². The molecule has 10 heteroatoms. The average molecular weight is 488 g/mol. The summed E-state index contributed by atoms with van der Waals surface area (Å²) >= 11 is 0. The highest BCUT2D eigenvalue weighted by molar-refractivity contribution is 5.93. The summed E-state index contributed by atoms with van der Waals surface area (Å²) in [6.07, 6.45) is -3.01. The summed E-state index contributed by atoms with van der Waals surface area (Å²) in [5.41, 5.74) is 2.23. The Kier molecular flexibility index (Phi) is 6.73. The number of aryl methyl sites for hydroxylation is 2. The molecular weight excluding hydrogens is 459 g/mol. The third-order valence-corrected chi connectivity index (χ3v) is 6.53. The number of nitrogens with zero attached hydrogens (tertiary/aromatic N) is 4. The Morgan fingerprint density at radius 2 is 1.89 bits per heavy atom. The van der Waals surface area contributed by atoms with Crippen molar-refractivity contribution in [3.8, 4) is 0 Å². The number of halogens is 3. The number of nitrogens with one attached hydrogen (secondary N) is 1. The van der Waals surface area contributed by atoms with Gasteiger partial charge in [-0.1, -0.05) is 12.1 Å². The van der Waals surface area contributed by atoms with Crippen LogP contribution in [0.4, 0.5) is 24.8 Å². The van der Waals surface area contributed by atoms with E-state index in [0.29, 0.717) is 24.2 Å². The van der Waals surface area contributed by atoms with Crippen LogP contribution in [0.25, 0.3) is 11.0 Å². The second-order valence-corrected chi connectivity index (χ2v) is 8.94. The number of anilines is 2. The van der Waals surface area contributed by atoms with Crippen LogP contribution in [0.1, 0.15) is 30.9 Å². The number of hydrogen-bond acceptors (Lipinski definition) is 4. The molecule has 35 heavy (non-hydrogen) atoms. The molecule has 1 aliphatic rings. The summed E-state index contributed by atoms with van der Waals surface area (Å²) in [5.74, 6) is 0.629. The van der Waals surface area contributed by atoms with Crippen molar-refractivity contribution in [2.45, 2.75) is 38.4 Å². The zero-order valence-electron chi connectivity index (χ0n) is 19.9. The molecule has 1 unspecified atom stereocenters. The Morgan fingerprint density at radius 1 is 1.17 bits per heavy atom. The predicted molar refractivity (Wildman–Crippen MR) is 128 cm³/mol. The van der Waals surface area contributed by atoms with E-state index in [0.717, 1.165) is 42.1 Å². The lowest BCUT2D eigenvalue weighted by atomic mass is 10.1. The largest absolute Gasteiger partial charge is 0.416 e. The van der Waals surface area contributed by atoms with Crippen LogP contribution in [0.5, 0.6) is 0 Å². The first-order valence-corrected chi connectivity index (χ1v) is 11.4. The molecule has 1 aromatic heterocycles. The molecule has 7 nitrogen and oxygen atoms in total. The molecular formula is C25H28F3N5O2. The standard InChI is InChI=1S/C25H28F3N5O2/c1-16(34)33-13-12-20(15-33)31(2)24-30-21-10-9-19(14-22(21)32(24)3)29-23(35)11-6-17-4-7-18(8-5-17)25(26,27)28/h4-5,7-10,14,20H,6,11-13,15H2,1-3H3,(H,29,35). The fraction of sp³-hybridized carbons (Fsp3) is 0.400. The number of alkyl halides is 3. The Morgan fingerprint density at radius 3 is 2.51 bits per heavy atom. The van der Waals surface area contributed by atoms with Gasteiger partial charge >= 0.3 is 6.18 Å². The maximum Gasteiger partial charge on any atom is 0.416 e. The van der Waals surface area contributed by atoms with Gasteiger partial charge in [-0.2, -0.15) is 13.2 Å². The molecule has 2 heterocycles. The van der Waals surface area contributed by atoms with E-state index in [2.05, 4.69) is 10.2 Å². The molecule has 4 rings (SSSR count). The van der Waals surface area contributed by atoms with Gasteiger partial charge in [0.25, 0.3) is 0 Å². The summed E-state index contributed by atoms with van der Waals surface area (Å²) in [6, 6.07) is 10.5. The summed E-state index contributed by atoms with van der Waals surface area (Å²) in [6.45, 7) is 2.98. The van der Waals surface area contributed by atoms with Gasteiger partial charge in [-0.15, -0.1) is 0 Å². The average Bonchev–Trinajstić information content (AvgIpc) is 3.43. The fourth-order valence-electron chi connectivity index (χ4n) is 4.42. The molecule has 2 aromatic carbocycles. The maximum atomic E-state index is 12.7. The van der Waals surface area contributed by atoms with Gasteiger partial charge in [-0.05, 0) is 48.7 Å².